The molecule has 18 heteroatoms. The van der Waals surface area contributed by atoms with Gasteiger partial charge in [-0.05, 0) is 161 Å². The summed E-state index contributed by atoms with van der Waals surface area (Å²) < 4.78 is 61.2. The Balaban J connectivity index is 4.53. The zero-order chi connectivity index (χ0) is 79.4. The summed E-state index contributed by atoms with van der Waals surface area (Å²) in [5.41, 5.74) is 0. The number of esters is 3. The highest BCUT2D eigenvalue weighted by Gasteiger charge is 2.29. The van der Waals surface area contributed by atoms with Crippen LogP contribution in [0.15, 0.2) is 194 Å². The first-order valence-electron chi connectivity index (χ1n) is 41.7. The molecule has 0 aliphatic heterocycles. The highest BCUT2D eigenvalue weighted by molar-refractivity contribution is 7.47. The van der Waals surface area contributed by atoms with Gasteiger partial charge >= 0.3 is 33.6 Å². The summed E-state index contributed by atoms with van der Waals surface area (Å²) in [6.07, 6.45) is 108. The number of rotatable bonds is 77. The van der Waals surface area contributed by atoms with Crippen LogP contribution in [0.1, 0.15) is 303 Å². The van der Waals surface area contributed by atoms with Crippen molar-refractivity contribution in [2.24, 2.45) is 0 Å². The van der Waals surface area contributed by atoms with E-state index >= 15 is 0 Å². The van der Waals surface area contributed by atoms with E-state index in [9.17, 15) is 43.5 Å². The van der Waals surface area contributed by atoms with E-state index in [4.69, 9.17) is 32.3 Å². The first-order valence-corrected chi connectivity index (χ1v) is 44.7. The maximum Gasteiger partial charge on any atom is 0.472 e. The Morgan fingerprint density at radius 1 is 0.257 bits per heavy atom. The van der Waals surface area contributed by atoms with Crippen molar-refractivity contribution in [1.29, 1.82) is 0 Å². The summed E-state index contributed by atoms with van der Waals surface area (Å²) in [5, 5.41) is 20.7. The van der Waals surface area contributed by atoms with Crippen LogP contribution >= 0.6 is 15.6 Å². The number of hydrogen-bond acceptors (Lipinski definition) is 14. The lowest BCUT2D eigenvalue weighted by Crippen LogP contribution is -2.30. The number of phosphoric ester groups is 2. The number of aliphatic hydroxyl groups excluding tert-OH is 2. The summed E-state index contributed by atoms with van der Waals surface area (Å²) in [6.45, 7) is 2.25. The van der Waals surface area contributed by atoms with Gasteiger partial charge in [0.2, 0.25) is 0 Å². The van der Waals surface area contributed by atoms with Gasteiger partial charge in [0.1, 0.15) is 25.4 Å². The fourth-order valence-electron chi connectivity index (χ4n) is 10.6. The molecule has 0 aliphatic rings. The van der Waals surface area contributed by atoms with E-state index in [1.807, 2.05) is 0 Å². The van der Waals surface area contributed by atoms with Crippen LogP contribution in [-0.4, -0.2) is 95.9 Å². The van der Waals surface area contributed by atoms with Crippen LogP contribution in [0.3, 0.4) is 0 Å². The highest BCUT2D eigenvalue weighted by Crippen LogP contribution is 2.45. The second kappa shape index (κ2) is 81.9. The predicted octanol–water partition coefficient (Wildman–Crippen LogP) is 25.1. The molecule has 0 heterocycles. The van der Waals surface area contributed by atoms with Gasteiger partial charge in [0, 0.05) is 19.3 Å². The minimum atomic E-state index is -4.96. The fourth-order valence-corrected chi connectivity index (χ4v) is 12.2. The molecule has 0 aliphatic carbocycles. The number of hydrogen-bond donors (Lipinski definition) is 4. The monoisotopic (exact) mass is 1560 g/mol. The van der Waals surface area contributed by atoms with Crippen molar-refractivity contribution >= 4 is 33.6 Å². The van der Waals surface area contributed by atoms with Crippen LogP contribution in [0.2, 0.25) is 0 Å². The standard InChI is InChI=1S/C91H148O16P2/c1-4-7-10-13-16-19-22-25-28-31-34-35-36-37-38-39-40-41-42-43-44-45-46-47-48-49-52-54-56-59-62-65-68-71-74-77-89(94)101-80-86(92)81-103-108(97,98)104-82-87(93)83-105-109(99,100)106-85-88(107-91(96)79-76-73-70-67-64-61-58-55-51-33-30-27-24-21-18-15-12-9-6-3)84-102-90(95)78-75-72-69-66-63-60-57-53-50-32-29-26-23-20-17-14-11-8-5-2/h7-12,16-21,25-30,34-35,37-38,40-41,50-51,53,55,60-61,63-64,86-88,92-93H,4-6,13-15,22-24,31-33,36,39,42-49,52,54,56-59,62,65-85H2,1-3H3,(H,97,98)(H,99,100)/b10-7-,11-8-,12-9-,19-16-,20-17-,21-18-,28-25-,29-26-,30-27-,35-34-,38-37-,41-40-,53-50-,55-51-,63-60-,64-61-. The Hall–Kier alpha value is -5.61. The van der Waals surface area contributed by atoms with E-state index < -0.39 is 91.5 Å². The molecular formula is C91H148O16P2. The summed E-state index contributed by atoms with van der Waals surface area (Å²) in [6, 6.07) is 0. The number of carbonyl (C=O) groups excluding carboxylic acids is 3. The van der Waals surface area contributed by atoms with Gasteiger partial charge in [0.05, 0.1) is 26.4 Å². The molecule has 0 amide bonds. The normalized spacial score (nSPS) is 14.9. The number of allylic oxidation sites excluding steroid dienone is 32. The molecule has 0 bridgehead atoms. The zero-order valence-electron chi connectivity index (χ0n) is 67.6. The summed E-state index contributed by atoms with van der Waals surface area (Å²) in [5.74, 6) is -1.66. The van der Waals surface area contributed by atoms with Crippen LogP contribution in [0.4, 0.5) is 0 Å². The van der Waals surface area contributed by atoms with Crippen LogP contribution in [0.5, 0.6) is 0 Å². The molecule has 5 unspecified atom stereocenters. The molecule has 0 radical (unpaired) electrons. The second-order valence-corrected chi connectivity index (χ2v) is 30.0. The molecule has 4 N–H and O–H groups in total. The molecule has 109 heavy (non-hydrogen) atoms. The molecule has 0 aromatic heterocycles. The maximum atomic E-state index is 13.0. The Labute approximate surface area is 661 Å². The van der Waals surface area contributed by atoms with E-state index in [0.29, 0.717) is 19.3 Å². The number of carbonyl (C=O) groups is 3. The van der Waals surface area contributed by atoms with Gasteiger partial charge in [-0.25, -0.2) is 9.13 Å². The van der Waals surface area contributed by atoms with Crippen molar-refractivity contribution in [1.82, 2.24) is 0 Å². The Kier molecular flexibility index (Phi) is 77.7. The molecule has 0 rings (SSSR count). The van der Waals surface area contributed by atoms with Gasteiger partial charge < -0.3 is 34.2 Å². The topological polar surface area (TPSA) is 231 Å². The highest BCUT2D eigenvalue weighted by atomic mass is 31.2. The van der Waals surface area contributed by atoms with Crippen LogP contribution in [-0.2, 0) is 55.8 Å². The molecule has 0 saturated carbocycles. The number of phosphoric acid groups is 2. The molecule has 0 aromatic rings. The average molecular weight is 1560 g/mol. The number of aliphatic hydroxyl groups is 2. The SMILES string of the molecule is CC/C=C\C/C=C\C/C=C\C/C=C\C/C=C\C/C=C\CCCCCCCCCCCCCCCCCCC(=O)OCC(O)COP(=O)(O)OCC(O)COP(=O)(O)OCC(COC(=O)CCCCC/C=C\C/C=C\C/C=C\C/C=C\C/C=C\CC)OC(=O)CCCCC/C=C\C/C=C\C/C=C\C/C=C\C/C=C\CC. The van der Waals surface area contributed by atoms with E-state index in [1.165, 1.54) is 83.5 Å². The maximum absolute atomic E-state index is 13.0. The molecule has 16 nitrogen and oxygen atoms in total. The second-order valence-electron chi connectivity index (χ2n) is 27.1. The van der Waals surface area contributed by atoms with Gasteiger partial charge in [-0.2, -0.15) is 0 Å². The number of ether oxygens (including phenoxy) is 3. The minimum absolute atomic E-state index is 0.0508. The molecular weight excluding hydrogens is 1410 g/mol. The lowest BCUT2D eigenvalue weighted by Gasteiger charge is -2.21. The minimum Gasteiger partial charge on any atom is -0.463 e. The smallest absolute Gasteiger partial charge is 0.463 e. The third-order valence-corrected chi connectivity index (χ3v) is 18.7. The van der Waals surface area contributed by atoms with Crippen molar-refractivity contribution in [3.05, 3.63) is 194 Å². The Morgan fingerprint density at radius 3 is 0.734 bits per heavy atom. The van der Waals surface area contributed by atoms with Crippen molar-refractivity contribution in [3.63, 3.8) is 0 Å². The first-order chi connectivity index (χ1) is 53.2. The fraction of sp³-hybridized carbons (Fsp3) is 0.615. The van der Waals surface area contributed by atoms with E-state index in [2.05, 4.69) is 215 Å². The molecule has 0 saturated heterocycles. The summed E-state index contributed by atoms with van der Waals surface area (Å²) in [7, 11) is -9.83. The lowest BCUT2D eigenvalue weighted by atomic mass is 10.0. The Bertz CT molecular complexity index is 2760. The van der Waals surface area contributed by atoms with E-state index in [0.717, 1.165) is 161 Å². The van der Waals surface area contributed by atoms with Crippen LogP contribution in [0.25, 0.3) is 0 Å². The largest absolute Gasteiger partial charge is 0.472 e. The van der Waals surface area contributed by atoms with Crippen LogP contribution in [0, 0.1) is 0 Å². The van der Waals surface area contributed by atoms with Gasteiger partial charge in [-0.3, -0.25) is 32.5 Å². The predicted molar refractivity (Wildman–Crippen MR) is 454 cm³/mol. The van der Waals surface area contributed by atoms with Crippen molar-refractivity contribution in [3.8, 4) is 0 Å². The molecule has 618 valence electrons. The zero-order valence-corrected chi connectivity index (χ0v) is 69.4. The van der Waals surface area contributed by atoms with Gasteiger partial charge in [-0.1, -0.05) is 318 Å². The Morgan fingerprint density at radius 2 is 0.459 bits per heavy atom. The summed E-state index contributed by atoms with van der Waals surface area (Å²) in [4.78, 5) is 58.7. The average Bonchev–Trinajstić information content (AvgIpc) is 0.900. The first kappa shape index (κ1) is 103. The quantitative estimate of drug-likeness (QED) is 0.0146. The number of unbranched alkanes of at least 4 members (excludes halogenated alkanes) is 22. The van der Waals surface area contributed by atoms with E-state index in [1.54, 1.807) is 0 Å². The molecule has 0 fully saturated rings. The van der Waals surface area contributed by atoms with Crippen molar-refractivity contribution in [2.75, 3.05) is 39.6 Å². The van der Waals surface area contributed by atoms with E-state index in [-0.39, 0.29) is 19.3 Å². The lowest BCUT2D eigenvalue weighted by molar-refractivity contribution is -0.161. The molecule has 0 aromatic carbocycles. The van der Waals surface area contributed by atoms with Gasteiger partial charge in [-0.15, -0.1) is 0 Å². The van der Waals surface area contributed by atoms with Crippen LogP contribution < -0.4 is 0 Å². The van der Waals surface area contributed by atoms with Gasteiger partial charge in [0.25, 0.3) is 0 Å². The van der Waals surface area contributed by atoms with Gasteiger partial charge in [0.15, 0.2) is 6.10 Å². The third-order valence-electron chi connectivity index (χ3n) is 16.8. The van der Waals surface area contributed by atoms with Crippen molar-refractivity contribution in [2.45, 2.75) is 322 Å². The molecule has 0 spiro atoms. The summed E-state index contributed by atoms with van der Waals surface area (Å²) >= 11 is 0. The molecule has 5 atom stereocenters. The van der Waals surface area contributed by atoms with Crippen molar-refractivity contribution < 1.29 is 75.8 Å². The third kappa shape index (κ3) is 83.2.